The number of hydrogen-bond donors (Lipinski definition) is 1. The van der Waals surface area contributed by atoms with Crippen molar-refractivity contribution in [2.45, 2.75) is 20.4 Å². The molecule has 0 aliphatic heterocycles. The predicted octanol–water partition coefficient (Wildman–Crippen LogP) is 1.33. The lowest BCUT2D eigenvalue weighted by molar-refractivity contribution is -0.702. The van der Waals surface area contributed by atoms with Crippen LogP contribution in [0.3, 0.4) is 0 Å². The Morgan fingerprint density at radius 2 is 2.31 bits per heavy atom. The van der Waals surface area contributed by atoms with Gasteiger partial charge in [-0.1, -0.05) is 13.8 Å². The third kappa shape index (κ3) is 2.86. The molecule has 0 atom stereocenters. The van der Waals surface area contributed by atoms with Gasteiger partial charge < -0.3 is 5.11 Å². The average molecular weight is 180 g/mol. The van der Waals surface area contributed by atoms with Crippen LogP contribution in [0.4, 0.5) is 0 Å². The monoisotopic (exact) mass is 180 g/mol. The van der Waals surface area contributed by atoms with Crippen molar-refractivity contribution in [1.82, 2.24) is 0 Å². The van der Waals surface area contributed by atoms with Gasteiger partial charge in [0.2, 0.25) is 0 Å². The maximum atomic E-state index is 10.6. The second-order valence-electron chi connectivity index (χ2n) is 3.49. The molecule has 3 heteroatoms. The first kappa shape index (κ1) is 9.71. The van der Waals surface area contributed by atoms with Gasteiger partial charge in [-0.05, 0) is 6.07 Å². The Hall–Kier alpha value is -1.38. The molecule has 1 rings (SSSR count). The van der Waals surface area contributed by atoms with Gasteiger partial charge in [-0.2, -0.15) is 0 Å². The Kier molecular flexibility index (Phi) is 3.01. The van der Waals surface area contributed by atoms with E-state index in [1.54, 1.807) is 18.3 Å². The molecule has 0 spiro atoms. The van der Waals surface area contributed by atoms with Crippen molar-refractivity contribution >= 4 is 5.97 Å². The van der Waals surface area contributed by atoms with Crippen LogP contribution in [-0.2, 0) is 6.54 Å². The molecule has 0 unspecified atom stereocenters. The molecule has 0 saturated heterocycles. The first-order valence-corrected chi connectivity index (χ1v) is 4.32. The van der Waals surface area contributed by atoms with Crippen molar-refractivity contribution in [3.05, 3.63) is 30.1 Å². The molecule has 3 nitrogen and oxygen atoms in total. The van der Waals surface area contributed by atoms with E-state index in [0.717, 1.165) is 6.54 Å². The fraction of sp³-hybridized carbons (Fsp3) is 0.400. The summed E-state index contributed by atoms with van der Waals surface area (Å²) in [5.41, 5.74) is 0.336. The van der Waals surface area contributed by atoms with Crippen LogP contribution in [0.15, 0.2) is 24.5 Å². The number of aromatic nitrogens is 1. The Labute approximate surface area is 77.6 Å². The number of hydrogen-bond acceptors (Lipinski definition) is 1. The quantitative estimate of drug-likeness (QED) is 0.713. The molecule has 1 heterocycles. The van der Waals surface area contributed by atoms with Gasteiger partial charge in [-0.25, -0.2) is 9.36 Å². The zero-order chi connectivity index (χ0) is 9.84. The van der Waals surface area contributed by atoms with E-state index in [2.05, 4.69) is 13.8 Å². The number of aromatic carboxylic acids is 1. The Balaban J connectivity index is 2.85. The fourth-order valence-corrected chi connectivity index (χ4v) is 1.18. The van der Waals surface area contributed by atoms with E-state index < -0.39 is 5.97 Å². The molecule has 1 N–H and O–H groups in total. The van der Waals surface area contributed by atoms with Gasteiger partial charge in [-0.3, -0.25) is 0 Å². The van der Waals surface area contributed by atoms with Crippen LogP contribution in [-0.4, -0.2) is 11.1 Å². The molecule has 1 aromatic rings. The van der Waals surface area contributed by atoms with Crippen LogP contribution < -0.4 is 4.57 Å². The van der Waals surface area contributed by atoms with Gasteiger partial charge in [0.1, 0.15) is 5.56 Å². The van der Waals surface area contributed by atoms with Gasteiger partial charge in [0.25, 0.3) is 0 Å². The summed E-state index contributed by atoms with van der Waals surface area (Å²) < 4.78 is 1.90. The Bertz CT molecular complexity index is 308. The molecule has 1 aromatic heterocycles. The highest BCUT2D eigenvalue weighted by Gasteiger charge is 2.09. The summed E-state index contributed by atoms with van der Waals surface area (Å²) in [5.74, 6) is -0.354. The second-order valence-corrected chi connectivity index (χ2v) is 3.49. The molecule has 0 radical (unpaired) electrons. The molecule has 0 saturated carbocycles. The lowest BCUT2D eigenvalue weighted by Gasteiger charge is -2.00. The fourth-order valence-electron chi connectivity index (χ4n) is 1.18. The minimum Gasteiger partial charge on any atom is -0.477 e. The van der Waals surface area contributed by atoms with Crippen LogP contribution in [0, 0.1) is 5.92 Å². The predicted molar refractivity (Wildman–Crippen MR) is 48.4 cm³/mol. The van der Waals surface area contributed by atoms with E-state index in [1.165, 1.54) is 0 Å². The van der Waals surface area contributed by atoms with Crippen LogP contribution in [0.5, 0.6) is 0 Å². The summed E-state index contributed by atoms with van der Waals surface area (Å²) in [6.07, 6.45) is 3.54. The highest BCUT2D eigenvalue weighted by atomic mass is 16.4. The zero-order valence-corrected chi connectivity index (χ0v) is 7.90. The van der Waals surface area contributed by atoms with Crippen molar-refractivity contribution in [3.8, 4) is 0 Å². The van der Waals surface area contributed by atoms with E-state index in [0.29, 0.717) is 11.5 Å². The molecule has 0 aliphatic rings. The maximum Gasteiger partial charge on any atom is 0.341 e. The van der Waals surface area contributed by atoms with Crippen molar-refractivity contribution in [2.75, 3.05) is 0 Å². The molecule has 13 heavy (non-hydrogen) atoms. The lowest BCUT2D eigenvalue weighted by Crippen LogP contribution is -2.36. The molecule has 0 fully saturated rings. The number of nitrogens with zero attached hydrogens (tertiary/aromatic N) is 1. The molecular weight excluding hydrogens is 166 g/mol. The van der Waals surface area contributed by atoms with Crippen LogP contribution >= 0.6 is 0 Å². The summed E-state index contributed by atoms with van der Waals surface area (Å²) >= 11 is 0. The van der Waals surface area contributed by atoms with E-state index >= 15 is 0 Å². The number of pyridine rings is 1. The molecular formula is C10H14NO2+. The van der Waals surface area contributed by atoms with Crippen LogP contribution in [0.2, 0.25) is 0 Å². The number of rotatable bonds is 3. The third-order valence-corrected chi connectivity index (χ3v) is 1.68. The van der Waals surface area contributed by atoms with Crippen molar-refractivity contribution in [1.29, 1.82) is 0 Å². The largest absolute Gasteiger partial charge is 0.477 e. The SMILES string of the molecule is CC(C)C[n+]1cccc(C(=O)O)c1. The van der Waals surface area contributed by atoms with Crippen LogP contribution in [0.25, 0.3) is 0 Å². The van der Waals surface area contributed by atoms with Gasteiger partial charge in [0.05, 0.1) is 0 Å². The van der Waals surface area contributed by atoms with E-state index in [4.69, 9.17) is 5.11 Å². The van der Waals surface area contributed by atoms with E-state index in [1.807, 2.05) is 10.8 Å². The van der Waals surface area contributed by atoms with E-state index in [9.17, 15) is 4.79 Å². The topological polar surface area (TPSA) is 41.2 Å². The minimum atomic E-state index is -0.877. The smallest absolute Gasteiger partial charge is 0.341 e. The van der Waals surface area contributed by atoms with E-state index in [-0.39, 0.29) is 0 Å². The lowest BCUT2D eigenvalue weighted by atomic mass is 10.2. The summed E-state index contributed by atoms with van der Waals surface area (Å²) in [5, 5.41) is 8.73. The van der Waals surface area contributed by atoms with Gasteiger partial charge in [-0.15, -0.1) is 0 Å². The normalized spacial score (nSPS) is 10.4. The van der Waals surface area contributed by atoms with Gasteiger partial charge >= 0.3 is 5.97 Å². The van der Waals surface area contributed by atoms with Crippen molar-refractivity contribution in [3.63, 3.8) is 0 Å². The third-order valence-electron chi connectivity index (χ3n) is 1.68. The van der Waals surface area contributed by atoms with Crippen molar-refractivity contribution in [2.24, 2.45) is 5.92 Å². The molecule has 70 valence electrons. The highest BCUT2D eigenvalue weighted by Crippen LogP contribution is 1.96. The Morgan fingerprint density at radius 3 is 2.85 bits per heavy atom. The number of carbonyl (C=O) groups is 1. The summed E-state index contributed by atoms with van der Waals surface area (Å²) in [7, 11) is 0. The maximum absolute atomic E-state index is 10.6. The highest BCUT2D eigenvalue weighted by molar-refractivity contribution is 5.86. The van der Waals surface area contributed by atoms with Gasteiger partial charge in [0.15, 0.2) is 18.9 Å². The first-order chi connectivity index (χ1) is 6.09. The van der Waals surface area contributed by atoms with Gasteiger partial charge in [0, 0.05) is 12.0 Å². The molecule has 0 bridgehead atoms. The Morgan fingerprint density at radius 1 is 1.62 bits per heavy atom. The minimum absolute atomic E-state index is 0.336. The number of carboxylic acids is 1. The summed E-state index contributed by atoms with van der Waals surface area (Å²) in [6, 6.07) is 3.35. The average Bonchev–Trinajstić information content (AvgIpc) is 2.03. The molecule has 0 aromatic carbocycles. The zero-order valence-electron chi connectivity index (χ0n) is 7.90. The standard InChI is InChI=1S/C10H13NO2/c1-8(2)6-11-5-3-4-9(7-11)10(12)13/h3-5,7-8H,6H2,1-2H3/p+1. The van der Waals surface area contributed by atoms with Crippen molar-refractivity contribution < 1.29 is 14.5 Å². The summed E-state index contributed by atoms with van der Waals surface area (Å²) in [4.78, 5) is 10.6. The summed E-state index contributed by atoms with van der Waals surface area (Å²) in [6.45, 7) is 5.04. The second kappa shape index (κ2) is 4.03. The number of carboxylic acid groups (broad SMARTS) is 1. The molecule has 0 amide bonds. The molecule has 0 aliphatic carbocycles. The first-order valence-electron chi connectivity index (χ1n) is 4.32. The van der Waals surface area contributed by atoms with Crippen LogP contribution in [0.1, 0.15) is 24.2 Å².